The smallest absolute Gasteiger partial charge is 0.368 e. The van der Waals surface area contributed by atoms with Crippen molar-refractivity contribution >= 4 is 11.5 Å². The summed E-state index contributed by atoms with van der Waals surface area (Å²) in [5.74, 6) is -0.0725. The molecule has 0 amide bonds. The molecule has 2 rings (SSSR count). The van der Waals surface area contributed by atoms with Crippen LogP contribution in [0.25, 0.3) is 16.8 Å². The largest absolute Gasteiger partial charge is 0.417 e. The minimum atomic E-state index is -4.48. The molecule has 2 aromatic rings. The maximum atomic E-state index is 13.3. The van der Waals surface area contributed by atoms with Crippen molar-refractivity contribution in [2.24, 2.45) is 0 Å². The van der Waals surface area contributed by atoms with E-state index in [1.54, 1.807) is 25.2 Å². The van der Waals surface area contributed by atoms with Crippen molar-refractivity contribution in [2.45, 2.75) is 20.0 Å². The summed E-state index contributed by atoms with van der Waals surface area (Å²) in [5.41, 5.74) is 6.21. The number of alkyl halides is 3. The van der Waals surface area contributed by atoms with Gasteiger partial charge in [0.15, 0.2) is 0 Å². The van der Waals surface area contributed by atoms with Crippen molar-refractivity contribution in [1.82, 2.24) is 9.97 Å². The van der Waals surface area contributed by atoms with E-state index in [4.69, 9.17) is 5.73 Å². The second-order valence-corrected chi connectivity index (χ2v) is 4.78. The third-order valence-corrected chi connectivity index (χ3v) is 3.26. The lowest BCUT2D eigenvalue weighted by atomic mass is 9.96. The monoisotopic (exact) mass is 319 g/mol. The second-order valence-electron chi connectivity index (χ2n) is 4.78. The van der Waals surface area contributed by atoms with Crippen LogP contribution in [0.4, 0.5) is 19.1 Å². The van der Waals surface area contributed by atoms with Crippen molar-refractivity contribution < 1.29 is 13.2 Å². The Bertz CT molecular complexity index is 762. The summed E-state index contributed by atoms with van der Waals surface area (Å²) in [7, 11) is 0. The minimum Gasteiger partial charge on any atom is -0.368 e. The fourth-order valence-electron chi connectivity index (χ4n) is 2.27. The zero-order valence-electron chi connectivity index (χ0n) is 12.7. The Balaban J connectivity index is 2.77. The molecule has 1 heterocycles. The standard InChI is InChI=1S/C17H16F3N3/c1-3-7-11(4-2)13-10-22-16(21)23-15(13)12-8-5-6-9-14(12)17(18,19)20/h3-10H,1-2H3,(H2,21,22,23)/b7-3-,11-4+. The SMILES string of the molecule is C/C=C\C(=C/C)c1cnc(N)nc1-c1ccccc1C(F)(F)F. The Hall–Kier alpha value is -2.63. The van der Waals surface area contributed by atoms with Gasteiger partial charge in [-0.2, -0.15) is 13.2 Å². The number of hydrogen-bond donors (Lipinski definition) is 1. The molecule has 0 saturated carbocycles. The summed E-state index contributed by atoms with van der Waals surface area (Å²) in [6.45, 7) is 3.62. The third kappa shape index (κ3) is 3.59. The van der Waals surface area contributed by atoms with Gasteiger partial charge in [0.05, 0.1) is 11.3 Å². The van der Waals surface area contributed by atoms with Crippen molar-refractivity contribution in [3.8, 4) is 11.3 Å². The average Bonchev–Trinajstić information content (AvgIpc) is 2.52. The summed E-state index contributed by atoms with van der Waals surface area (Å²) in [4.78, 5) is 7.98. The van der Waals surface area contributed by atoms with Crippen LogP contribution in [0.1, 0.15) is 25.0 Å². The third-order valence-electron chi connectivity index (χ3n) is 3.26. The van der Waals surface area contributed by atoms with E-state index in [1.807, 2.05) is 6.92 Å². The highest BCUT2D eigenvalue weighted by Gasteiger charge is 2.34. The highest BCUT2D eigenvalue weighted by Crippen LogP contribution is 2.38. The van der Waals surface area contributed by atoms with Gasteiger partial charge in [-0.3, -0.25) is 0 Å². The number of nitrogen functional groups attached to an aromatic ring is 1. The maximum Gasteiger partial charge on any atom is 0.417 e. The normalized spacial score (nSPS) is 12.8. The topological polar surface area (TPSA) is 51.8 Å². The zero-order valence-corrected chi connectivity index (χ0v) is 12.7. The first-order valence-corrected chi connectivity index (χ1v) is 6.97. The van der Waals surface area contributed by atoms with Crippen LogP contribution in [0.5, 0.6) is 0 Å². The maximum absolute atomic E-state index is 13.3. The van der Waals surface area contributed by atoms with Gasteiger partial charge < -0.3 is 5.73 Å². The van der Waals surface area contributed by atoms with Crippen LogP contribution in [0, 0.1) is 0 Å². The van der Waals surface area contributed by atoms with Crippen molar-refractivity contribution in [3.63, 3.8) is 0 Å². The molecule has 0 radical (unpaired) electrons. The highest BCUT2D eigenvalue weighted by molar-refractivity contribution is 5.84. The molecular formula is C17H16F3N3. The van der Waals surface area contributed by atoms with Gasteiger partial charge in [0, 0.05) is 17.3 Å². The van der Waals surface area contributed by atoms with Gasteiger partial charge in [-0.1, -0.05) is 36.4 Å². The number of nitrogens with two attached hydrogens (primary N) is 1. The molecule has 6 heteroatoms. The number of nitrogens with zero attached hydrogens (tertiary/aromatic N) is 2. The Morgan fingerprint density at radius 3 is 2.48 bits per heavy atom. The Morgan fingerprint density at radius 2 is 1.87 bits per heavy atom. The first kappa shape index (κ1) is 16.7. The first-order chi connectivity index (χ1) is 10.9. The average molecular weight is 319 g/mol. The van der Waals surface area contributed by atoms with E-state index in [9.17, 15) is 13.2 Å². The fraction of sp³-hybridized carbons (Fsp3) is 0.176. The van der Waals surface area contributed by atoms with E-state index < -0.39 is 11.7 Å². The predicted molar refractivity (Wildman–Crippen MR) is 85.3 cm³/mol. The lowest BCUT2D eigenvalue weighted by Crippen LogP contribution is -2.09. The van der Waals surface area contributed by atoms with E-state index in [1.165, 1.54) is 24.4 Å². The van der Waals surface area contributed by atoms with Crippen molar-refractivity contribution in [2.75, 3.05) is 5.73 Å². The molecule has 120 valence electrons. The first-order valence-electron chi connectivity index (χ1n) is 6.97. The number of rotatable bonds is 3. The summed E-state index contributed by atoms with van der Waals surface area (Å²) < 4.78 is 39.9. The Labute approximate surface area is 132 Å². The number of allylic oxidation sites excluding steroid dienone is 4. The van der Waals surface area contributed by atoms with Gasteiger partial charge in [0.1, 0.15) is 0 Å². The molecule has 0 fully saturated rings. The van der Waals surface area contributed by atoms with Crippen LogP contribution >= 0.6 is 0 Å². The quantitative estimate of drug-likeness (QED) is 0.833. The van der Waals surface area contributed by atoms with E-state index in [0.717, 1.165) is 11.6 Å². The number of benzene rings is 1. The second kappa shape index (κ2) is 6.64. The van der Waals surface area contributed by atoms with Gasteiger partial charge >= 0.3 is 6.18 Å². The Kier molecular flexibility index (Phi) is 4.83. The number of halogens is 3. The summed E-state index contributed by atoms with van der Waals surface area (Å²) in [5, 5.41) is 0. The molecular weight excluding hydrogens is 303 g/mol. The molecule has 0 saturated heterocycles. The van der Waals surface area contributed by atoms with Crippen LogP contribution < -0.4 is 5.73 Å². The molecule has 0 aliphatic carbocycles. The van der Waals surface area contributed by atoms with Crippen LogP contribution in [0.2, 0.25) is 0 Å². The van der Waals surface area contributed by atoms with Gasteiger partial charge in [-0.15, -0.1) is 0 Å². The molecule has 0 bridgehead atoms. The molecule has 0 spiro atoms. The number of aromatic nitrogens is 2. The lowest BCUT2D eigenvalue weighted by Gasteiger charge is -2.15. The molecule has 0 aliphatic heterocycles. The highest BCUT2D eigenvalue weighted by atomic mass is 19.4. The van der Waals surface area contributed by atoms with Crippen LogP contribution in [-0.4, -0.2) is 9.97 Å². The summed E-state index contributed by atoms with van der Waals surface area (Å²) >= 11 is 0. The van der Waals surface area contributed by atoms with Crippen molar-refractivity contribution in [3.05, 3.63) is 59.8 Å². The molecule has 0 aliphatic rings. The number of anilines is 1. The number of hydrogen-bond acceptors (Lipinski definition) is 3. The van der Waals surface area contributed by atoms with Gasteiger partial charge in [-0.05, 0) is 25.5 Å². The summed E-state index contributed by atoms with van der Waals surface area (Å²) in [6.07, 6.45) is 2.33. The molecule has 0 unspecified atom stereocenters. The van der Waals surface area contributed by atoms with Gasteiger partial charge in [0.25, 0.3) is 0 Å². The van der Waals surface area contributed by atoms with Crippen LogP contribution in [0.15, 0.2) is 48.7 Å². The molecule has 23 heavy (non-hydrogen) atoms. The minimum absolute atomic E-state index is 0.0204. The summed E-state index contributed by atoms with van der Waals surface area (Å²) in [6, 6.07) is 5.30. The molecule has 1 aromatic carbocycles. The van der Waals surface area contributed by atoms with Crippen molar-refractivity contribution in [1.29, 1.82) is 0 Å². The van der Waals surface area contributed by atoms with E-state index in [2.05, 4.69) is 9.97 Å². The van der Waals surface area contributed by atoms with E-state index >= 15 is 0 Å². The van der Waals surface area contributed by atoms with Crippen LogP contribution in [-0.2, 0) is 6.18 Å². The lowest BCUT2D eigenvalue weighted by molar-refractivity contribution is -0.137. The predicted octanol–water partition coefficient (Wildman–Crippen LogP) is 4.72. The van der Waals surface area contributed by atoms with Gasteiger partial charge in [-0.25, -0.2) is 9.97 Å². The van der Waals surface area contributed by atoms with E-state index in [0.29, 0.717) is 5.56 Å². The molecule has 2 N–H and O–H groups in total. The van der Waals surface area contributed by atoms with Gasteiger partial charge in [0.2, 0.25) is 5.95 Å². The molecule has 0 atom stereocenters. The zero-order chi connectivity index (χ0) is 17.0. The Morgan fingerprint density at radius 1 is 1.17 bits per heavy atom. The van der Waals surface area contributed by atoms with Crippen LogP contribution in [0.3, 0.4) is 0 Å². The molecule has 1 aromatic heterocycles. The fourth-order valence-corrected chi connectivity index (χ4v) is 2.27. The van der Waals surface area contributed by atoms with E-state index in [-0.39, 0.29) is 17.2 Å². The molecule has 3 nitrogen and oxygen atoms in total.